The lowest BCUT2D eigenvalue weighted by atomic mass is 9.82. The molecule has 2 aliphatic rings. The molecule has 3 rings (SSSR count). The third-order valence-corrected chi connectivity index (χ3v) is 5.43. The van der Waals surface area contributed by atoms with Gasteiger partial charge < -0.3 is 20.4 Å². The fourth-order valence-corrected chi connectivity index (χ4v) is 4.07. The van der Waals surface area contributed by atoms with Crippen molar-refractivity contribution in [1.82, 2.24) is 19.8 Å². The molecule has 0 spiro atoms. The molecule has 26 heavy (non-hydrogen) atoms. The maximum atomic E-state index is 13.1. The van der Waals surface area contributed by atoms with Gasteiger partial charge in [0.2, 0.25) is 5.95 Å². The molecule has 1 atom stereocenters. The van der Waals surface area contributed by atoms with Gasteiger partial charge in [0.15, 0.2) is 0 Å². The third-order valence-electron chi connectivity index (χ3n) is 5.43. The zero-order chi connectivity index (χ0) is 19.2. The normalized spacial score (nSPS) is 21.7. The molecule has 1 aromatic heterocycles. The molecule has 3 heterocycles. The van der Waals surface area contributed by atoms with Gasteiger partial charge in [0.05, 0.1) is 6.04 Å². The minimum Gasteiger partial charge on any atom is -0.383 e. The molecule has 0 saturated carbocycles. The van der Waals surface area contributed by atoms with Crippen LogP contribution in [0.4, 0.5) is 11.8 Å². The Kier molecular flexibility index (Phi) is 4.86. The van der Waals surface area contributed by atoms with Crippen molar-refractivity contribution in [3.05, 3.63) is 11.3 Å². The fraction of sp³-hybridized carbons (Fsp3) is 0.737. The van der Waals surface area contributed by atoms with Gasteiger partial charge in [-0.15, -0.1) is 0 Å². The number of aromatic nitrogens is 2. The van der Waals surface area contributed by atoms with Crippen LogP contribution in [0.3, 0.4) is 0 Å². The molecule has 144 valence electrons. The molecule has 7 nitrogen and oxygen atoms in total. The van der Waals surface area contributed by atoms with Gasteiger partial charge in [0.1, 0.15) is 11.5 Å². The maximum Gasteiger partial charge on any atom is 0.273 e. The van der Waals surface area contributed by atoms with Crippen LogP contribution in [-0.4, -0.2) is 64.4 Å². The Bertz CT molecular complexity index is 688. The van der Waals surface area contributed by atoms with Crippen LogP contribution < -0.4 is 10.6 Å². The molecule has 2 N–H and O–H groups in total. The highest BCUT2D eigenvalue weighted by Gasteiger charge is 2.47. The maximum absolute atomic E-state index is 13.1. The molecule has 0 aromatic carbocycles. The zero-order valence-electron chi connectivity index (χ0n) is 16.9. The summed E-state index contributed by atoms with van der Waals surface area (Å²) in [6.07, 6.45) is 0. The van der Waals surface area contributed by atoms with Gasteiger partial charge in [-0.2, -0.15) is 4.98 Å². The SMILES string of the molecule is CCN1CCN(c2nc(N)c3c(n2)C(=O)N(C(C)C)C3C(C)(C)C)CC1. The first-order valence-corrected chi connectivity index (χ1v) is 9.62. The molecular formula is C19H32N6O. The highest BCUT2D eigenvalue weighted by atomic mass is 16.2. The van der Waals surface area contributed by atoms with E-state index in [0.29, 0.717) is 17.5 Å². The van der Waals surface area contributed by atoms with Crippen LogP contribution in [0, 0.1) is 5.41 Å². The predicted octanol–water partition coefficient (Wildman–Crippen LogP) is 2.15. The summed E-state index contributed by atoms with van der Waals surface area (Å²) in [7, 11) is 0. The summed E-state index contributed by atoms with van der Waals surface area (Å²) in [5, 5.41) is 0. The van der Waals surface area contributed by atoms with E-state index in [2.05, 4.69) is 42.5 Å². The lowest BCUT2D eigenvalue weighted by Gasteiger charge is -2.38. The largest absolute Gasteiger partial charge is 0.383 e. The van der Waals surface area contributed by atoms with Crippen LogP contribution in [0.25, 0.3) is 0 Å². The highest BCUT2D eigenvalue weighted by molar-refractivity contribution is 5.99. The summed E-state index contributed by atoms with van der Waals surface area (Å²) in [5.74, 6) is 1.00. The zero-order valence-corrected chi connectivity index (χ0v) is 16.9. The molecule has 7 heteroatoms. The van der Waals surface area contributed by atoms with Crippen LogP contribution in [0.1, 0.15) is 63.6 Å². The van der Waals surface area contributed by atoms with Gasteiger partial charge >= 0.3 is 0 Å². The number of nitrogen functional groups attached to an aromatic ring is 1. The Morgan fingerprint density at radius 1 is 1.15 bits per heavy atom. The summed E-state index contributed by atoms with van der Waals surface area (Å²) in [5.41, 5.74) is 7.52. The minimum absolute atomic E-state index is 0.0301. The van der Waals surface area contributed by atoms with E-state index in [-0.39, 0.29) is 23.4 Å². The molecule has 0 aliphatic carbocycles. The van der Waals surface area contributed by atoms with Crippen molar-refractivity contribution in [3.8, 4) is 0 Å². The number of amides is 1. The number of anilines is 2. The van der Waals surface area contributed by atoms with Crippen molar-refractivity contribution in [3.63, 3.8) is 0 Å². The molecule has 1 fully saturated rings. The second-order valence-electron chi connectivity index (χ2n) is 8.67. The Balaban J connectivity index is 2.00. The summed E-state index contributed by atoms with van der Waals surface area (Å²) in [6.45, 7) is 17.4. The minimum atomic E-state index is -0.142. The first-order valence-electron chi connectivity index (χ1n) is 9.62. The number of nitrogens with zero attached hydrogens (tertiary/aromatic N) is 5. The molecule has 1 amide bonds. The van der Waals surface area contributed by atoms with Crippen LogP contribution in [0.15, 0.2) is 0 Å². The van der Waals surface area contributed by atoms with E-state index in [1.54, 1.807) is 0 Å². The van der Waals surface area contributed by atoms with E-state index in [0.717, 1.165) is 38.3 Å². The summed E-state index contributed by atoms with van der Waals surface area (Å²) in [4.78, 5) is 28.9. The van der Waals surface area contributed by atoms with Crippen molar-refractivity contribution in [2.45, 2.75) is 53.6 Å². The van der Waals surface area contributed by atoms with Gasteiger partial charge in [-0.3, -0.25) is 4.79 Å². The number of nitrogens with two attached hydrogens (primary N) is 1. The van der Waals surface area contributed by atoms with E-state index in [1.165, 1.54) is 0 Å². The summed E-state index contributed by atoms with van der Waals surface area (Å²) >= 11 is 0. The van der Waals surface area contributed by atoms with E-state index >= 15 is 0 Å². The van der Waals surface area contributed by atoms with Crippen LogP contribution in [-0.2, 0) is 0 Å². The smallest absolute Gasteiger partial charge is 0.273 e. The Morgan fingerprint density at radius 2 is 1.77 bits per heavy atom. The van der Waals surface area contributed by atoms with Crippen molar-refractivity contribution in [1.29, 1.82) is 0 Å². The van der Waals surface area contributed by atoms with E-state index < -0.39 is 0 Å². The molecule has 0 bridgehead atoms. The number of piperazine rings is 1. The van der Waals surface area contributed by atoms with Gasteiger partial charge in [0, 0.05) is 37.8 Å². The average Bonchev–Trinajstić information content (AvgIpc) is 2.89. The Labute approximate surface area is 156 Å². The lowest BCUT2D eigenvalue weighted by Crippen LogP contribution is -2.47. The number of fused-ring (bicyclic) bond motifs is 1. The quantitative estimate of drug-likeness (QED) is 0.890. The number of rotatable bonds is 3. The van der Waals surface area contributed by atoms with Gasteiger partial charge in [-0.05, 0) is 25.8 Å². The lowest BCUT2D eigenvalue weighted by molar-refractivity contribution is 0.0494. The second kappa shape index (κ2) is 6.68. The van der Waals surface area contributed by atoms with E-state index in [9.17, 15) is 4.79 Å². The molecule has 1 aromatic rings. The van der Waals surface area contributed by atoms with Gasteiger partial charge in [-0.25, -0.2) is 4.98 Å². The molecule has 2 aliphatic heterocycles. The molecular weight excluding hydrogens is 328 g/mol. The Morgan fingerprint density at radius 3 is 2.27 bits per heavy atom. The average molecular weight is 361 g/mol. The Hall–Kier alpha value is -1.89. The fourth-order valence-electron chi connectivity index (χ4n) is 4.07. The van der Waals surface area contributed by atoms with Crippen molar-refractivity contribution in [2.24, 2.45) is 5.41 Å². The van der Waals surface area contributed by atoms with Crippen LogP contribution in [0.2, 0.25) is 0 Å². The predicted molar refractivity (Wildman–Crippen MR) is 104 cm³/mol. The number of likely N-dealkylation sites (N-methyl/N-ethyl adjacent to an activating group) is 1. The molecule has 1 saturated heterocycles. The highest BCUT2D eigenvalue weighted by Crippen LogP contribution is 2.47. The first kappa shape index (κ1) is 18.9. The van der Waals surface area contributed by atoms with Crippen LogP contribution in [0.5, 0.6) is 0 Å². The second-order valence-corrected chi connectivity index (χ2v) is 8.67. The molecule has 1 unspecified atom stereocenters. The van der Waals surface area contributed by atoms with Gasteiger partial charge in [-0.1, -0.05) is 27.7 Å². The number of hydrogen-bond acceptors (Lipinski definition) is 6. The first-order chi connectivity index (χ1) is 12.1. The van der Waals surface area contributed by atoms with Crippen molar-refractivity contribution < 1.29 is 4.79 Å². The van der Waals surface area contributed by atoms with Crippen molar-refractivity contribution >= 4 is 17.7 Å². The standard InChI is InChI=1S/C19H32N6O/c1-7-23-8-10-24(11-9-23)18-21-14-13(16(20)22-18)15(19(4,5)6)25(12(2)3)17(14)26/h12,15H,7-11H2,1-6H3,(H2,20,21,22). The van der Waals surface area contributed by atoms with Crippen LogP contribution >= 0.6 is 0 Å². The number of hydrogen-bond donors (Lipinski definition) is 1. The number of carbonyl (C=O) groups excluding carboxylic acids is 1. The van der Waals surface area contributed by atoms with Gasteiger partial charge in [0.25, 0.3) is 5.91 Å². The third kappa shape index (κ3) is 3.13. The van der Waals surface area contributed by atoms with E-state index in [4.69, 9.17) is 10.7 Å². The monoisotopic (exact) mass is 360 g/mol. The topological polar surface area (TPSA) is 78.6 Å². The summed E-state index contributed by atoms with van der Waals surface area (Å²) in [6, 6.07) is -0.0205. The van der Waals surface area contributed by atoms with E-state index in [1.807, 2.05) is 18.7 Å². The molecule has 0 radical (unpaired) electrons. The number of carbonyl (C=O) groups is 1. The van der Waals surface area contributed by atoms with Crippen molar-refractivity contribution in [2.75, 3.05) is 43.4 Å². The summed E-state index contributed by atoms with van der Waals surface area (Å²) < 4.78 is 0.